The highest BCUT2D eigenvalue weighted by Gasteiger charge is 2.12. The van der Waals surface area contributed by atoms with Gasteiger partial charge in [0.1, 0.15) is 5.75 Å². The topological polar surface area (TPSA) is 55.5 Å². The summed E-state index contributed by atoms with van der Waals surface area (Å²) in [6, 6.07) is 5.62. The average molecular weight is 221 g/mol. The fraction of sp³-hybridized carbons (Fsp3) is 0.417. The predicted octanol–water partition coefficient (Wildman–Crippen LogP) is 2.15. The summed E-state index contributed by atoms with van der Waals surface area (Å²) in [5, 5.41) is 13.8. The summed E-state index contributed by atoms with van der Waals surface area (Å²) >= 11 is 0. The van der Waals surface area contributed by atoms with Gasteiger partial charge in [0, 0.05) is 13.0 Å². The van der Waals surface area contributed by atoms with Crippen molar-refractivity contribution in [2.24, 2.45) is 0 Å². The second-order valence-electron chi connectivity index (χ2n) is 3.58. The number of aliphatic hydroxyl groups is 1. The molecule has 2 rings (SSSR count). The van der Waals surface area contributed by atoms with Gasteiger partial charge in [-0.15, -0.1) is 0 Å². The first-order valence-corrected chi connectivity index (χ1v) is 5.47. The molecule has 0 amide bonds. The van der Waals surface area contributed by atoms with Crippen LogP contribution in [0.15, 0.2) is 22.7 Å². The van der Waals surface area contributed by atoms with Crippen molar-refractivity contribution < 1.29 is 14.4 Å². The standard InChI is InChI=1S/C12H15NO3/c1-2-8-15-10-4-3-5-11-12(10)9(6-7-14)13-16-11/h3-5,14H,2,6-8H2,1H3. The summed E-state index contributed by atoms with van der Waals surface area (Å²) < 4.78 is 10.8. The first-order valence-electron chi connectivity index (χ1n) is 5.47. The molecule has 1 N–H and O–H groups in total. The van der Waals surface area contributed by atoms with Gasteiger partial charge in [0.05, 0.1) is 17.7 Å². The van der Waals surface area contributed by atoms with Crippen LogP contribution < -0.4 is 4.74 Å². The molecule has 1 aromatic carbocycles. The van der Waals surface area contributed by atoms with Crippen molar-refractivity contribution in [1.82, 2.24) is 5.16 Å². The smallest absolute Gasteiger partial charge is 0.170 e. The maximum absolute atomic E-state index is 8.94. The number of aromatic nitrogens is 1. The number of aliphatic hydroxyl groups excluding tert-OH is 1. The molecule has 4 heteroatoms. The van der Waals surface area contributed by atoms with Crippen molar-refractivity contribution >= 4 is 11.0 Å². The van der Waals surface area contributed by atoms with E-state index in [1.807, 2.05) is 18.2 Å². The van der Waals surface area contributed by atoms with Gasteiger partial charge in [-0.2, -0.15) is 0 Å². The maximum Gasteiger partial charge on any atom is 0.170 e. The minimum absolute atomic E-state index is 0.0593. The number of ether oxygens (including phenoxy) is 1. The monoisotopic (exact) mass is 221 g/mol. The van der Waals surface area contributed by atoms with Crippen LogP contribution in [0.25, 0.3) is 11.0 Å². The van der Waals surface area contributed by atoms with Crippen molar-refractivity contribution in [2.75, 3.05) is 13.2 Å². The van der Waals surface area contributed by atoms with Gasteiger partial charge in [-0.05, 0) is 18.6 Å². The molecule has 0 atom stereocenters. The third kappa shape index (κ3) is 2.02. The van der Waals surface area contributed by atoms with Crippen LogP contribution in [-0.4, -0.2) is 23.5 Å². The lowest BCUT2D eigenvalue weighted by Crippen LogP contribution is -1.97. The van der Waals surface area contributed by atoms with Crippen molar-refractivity contribution in [3.63, 3.8) is 0 Å². The third-order valence-electron chi connectivity index (χ3n) is 2.34. The van der Waals surface area contributed by atoms with Crippen LogP contribution in [0.4, 0.5) is 0 Å². The van der Waals surface area contributed by atoms with E-state index in [0.29, 0.717) is 18.6 Å². The highest BCUT2D eigenvalue weighted by Crippen LogP contribution is 2.29. The minimum Gasteiger partial charge on any atom is -0.493 e. The number of rotatable bonds is 5. The zero-order valence-corrected chi connectivity index (χ0v) is 9.27. The molecule has 0 bridgehead atoms. The van der Waals surface area contributed by atoms with E-state index in [1.54, 1.807) is 0 Å². The van der Waals surface area contributed by atoms with E-state index in [4.69, 9.17) is 14.4 Å². The summed E-state index contributed by atoms with van der Waals surface area (Å²) in [7, 11) is 0. The molecule has 0 aliphatic heterocycles. The molecule has 0 saturated carbocycles. The number of hydrogen-bond donors (Lipinski definition) is 1. The maximum atomic E-state index is 8.94. The van der Waals surface area contributed by atoms with Gasteiger partial charge in [-0.3, -0.25) is 0 Å². The second-order valence-corrected chi connectivity index (χ2v) is 3.58. The van der Waals surface area contributed by atoms with E-state index >= 15 is 0 Å². The highest BCUT2D eigenvalue weighted by atomic mass is 16.5. The van der Waals surface area contributed by atoms with E-state index in [9.17, 15) is 0 Å². The fourth-order valence-corrected chi connectivity index (χ4v) is 1.63. The van der Waals surface area contributed by atoms with Crippen molar-refractivity contribution in [1.29, 1.82) is 0 Å². The average Bonchev–Trinajstić information content (AvgIpc) is 2.71. The molecule has 4 nitrogen and oxygen atoms in total. The van der Waals surface area contributed by atoms with E-state index in [0.717, 1.165) is 23.3 Å². The van der Waals surface area contributed by atoms with Crippen molar-refractivity contribution in [3.8, 4) is 5.75 Å². The van der Waals surface area contributed by atoms with Crippen molar-refractivity contribution in [3.05, 3.63) is 23.9 Å². The lowest BCUT2D eigenvalue weighted by molar-refractivity contribution is 0.295. The number of nitrogens with zero attached hydrogens (tertiary/aromatic N) is 1. The zero-order chi connectivity index (χ0) is 11.4. The number of benzene rings is 1. The molecule has 0 radical (unpaired) electrons. The Morgan fingerprint density at radius 3 is 3.06 bits per heavy atom. The van der Waals surface area contributed by atoms with Crippen LogP contribution in [0.3, 0.4) is 0 Å². The summed E-state index contributed by atoms with van der Waals surface area (Å²) in [4.78, 5) is 0. The molecular formula is C12H15NO3. The molecule has 2 aromatic rings. The predicted molar refractivity (Wildman–Crippen MR) is 60.6 cm³/mol. The van der Waals surface area contributed by atoms with Gasteiger partial charge in [0.15, 0.2) is 5.58 Å². The molecule has 1 heterocycles. The molecular weight excluding hydrogens is 206 g/mol. The Morgan fingerprint density at radius 2 is 2.31 bits per heavy atom. The largest absolute Gasteiger partial charge is 0.493 e. The van der Waals surface area contributed by atoms with E-state index in [1.165, 1.54) is 0 Å². The zero-order valence-electron chi connectivity index (χ0n) is 9.27. The summed E-state index contributed by atoms with van der Waals surface area (Å²) in [6.07, 6.45) is 1.44. The van der Waals surface area contributed by atoms with Crippen LogP contribution in [0.2, 0.25) is 0 Å². The SMILES string of the molecule is CCCOc1cccc2onc(CCO)c12. The van der Waals surface area contributed by atoms with Crippen molar-refractivity contribution in [2.45, 2.75) is 19.8 Å². The molecule has 0 aliphatic carbocycles. The Balaban J connectivity index is 2.41. The lowest BCUT2D eigenvalue weighted by atomic mass is 10.1. The van der Waals surface area contributed by atoms with Gasteiger partial charge < -0.3 is 14.4 Å². The molecule has 0 saturated heterocycles. The number of hydrogen-bond acceptors (Lipinski definition) is 4. The molecule has 0 spiro atoms. The number of fused-ring (bicyclic) bond motifs is 1. The highest BCUT2D eigenvalue weighted by molar-refractivity contribution is 5.86. The van der Waals surface area contributed by atoms with Gasteiger partial charge >= 0.3 is 0 Å². The Kier molecular flexibility index (Phi) is 3.41. The van der Waals surface area contributed by atoms with E-state index < -0.39 is 0 Å². The first kappa shape index (κ1) is 11.0. The molecule has 16 heavy (non-hydrogen) atoms. The third-order valence-corrected chi connectivity index (χ3v) is 2.34. The van der Waals surface area contributed by atoms with Gasteiger partial charge in [0.25, 0.3) is 0 Å². The quantitative estimate of drug-likeness (QED) is 0.840. The second kappa shape index (κ2) is 4.99. The molecule has 86 valence electrons. The van der Waals surface area contributed by atoms with Crippen LogP contribution in [0, 0.1) is 0 Å². The van der Waals surface area contributed by atoms with Crippen LogP contribution in [-0.2, 0) is 6.42 Å². The lowest BCUT2D eigenvalue weighted by Gasteiger charge is -2.05. The van der Waals surface area contributed by atoms with E-state index in [-0.39, 0.29) is 6.61 Å². The van der Waals surface area contributed by atoms with Gasteiger partial charge in [0.2, 0.25) is 0 Å². The minimum atomic E-state index is 0.0593. The van der Waals surface area contributed by atoms with Gasteiger partial charge in [-0.1, -0.05) is 18.1 Å². The summed E-state index contributed by atoms with van der Waals surface area (Å²) in [5.41, 5.74) is 1.46. The van der Waals surface area contributed by atoms with Crippen LogP contribution in [0.5, 0.6) is 5.75 Å². The Labute approximate surface area is 93.8 Å². The molecule has 0 fully saturated rings. The molecule has 0 aliphatic rings. The Hall–Kier alpha value is -1.55. The molecule has 1 aromatic heterocycles. The van der Waals surface area contributed by atoms with Gasteiger partial charge in [-0.25, -0.2) is 0 Å². The van der Waals surface area contributed by atoms with Crippen LogP contribution in [0.1, 0.15) is 19.0 Å². The molecule has 0 unspecified atom stereocenters. The fourth-order valence-electron chi connectivity index (χ4n) is 1.63. The van der Waals surface area contributed by atoms with E-state index in [2.05, 4.69) is 12.1 Å². The first-order chi connectivity index (χ1) is 7.86. The normalized spacial score (nSPS) is 10.9. The Morgan fingerprint density at radius 1 is 1.44 bits per heavy atom. The Bertz CT molecular complexity index is 464. The summed E-state index contributed by atoms with van der Waals surface area (Å²) in [5.74, 6) is 0.782. The summed E-state index contributed by atoms with van der Waals surface area (Å²) in [6.45, 7) is 2.79. The van der Waals surface area contributed by atoms with Crippen LogP contribution >= 0.6 is 0 Å².